The number of aliphatic carboxylic acids is 1. The Hall–Kier alpha value is -2.69. The summed E-state index contributed by atoms with van der Waals surface area (Å²) in [7, 11) is 0. The maximum atomic E-state index is 12.5. The number of amides is 1. The first-order valence-electron chi connectivity index (χ1n) is 7.40. The lowest BCUT2D eigenvalue weighted by Gasteiger charge is -2.20. The van der Waals surface area contributed by atoms with E-state index in [0.717, 1.165) is 22.4 Å². The van der Waals surface area contributed by atoms with Crippen molar-refractivity contribution in [2.24, 2.45) is 0 Å². The zero-order chi connectivity index (χ0) is 17.0. The molecule has 0 aliphatic heterocycles. The number of hydrogen-bond donors (Lipinski definition) is 2. The topological polar surface area (TPSA) is 79.3 Å². The molecule has 0 radical (unpaired) electrons. The normalized spacial score (nSPS) is 11.8. The van der Waals surface area contributed by atoms with Gasteiger partial charge in [0, 0.05) is 11.9 Å². The molecular weight excluding hydrogens is 292 g/mol. The van der Waals surface area contributed by atoms with Gasteiger partial charge in [-0.1, -0.05) is 24.3 Å². The molecule has 2 N–H and O–H groups in total. The van der Waals surface area contributed by atoms with Gasteiger partial charge in [0.1, 0.15) is 0 Å². The lowest BCUT2D eigenvalue weighted by atomic mass is 9.98. The summed E-state index contributed by atoms with van der Waals surface area (Å²) in [4.78, 5) is 27.8. The van der Waals surface area contributed by atoms with Gasteiger partial charge in [0.25, 0.3) is 5.91 Å². The maximum absolute atomic E-state index is 12.5. The number of pyridine rings is 1. The van der Waals surface area contributed by atoms with Crippen LogP contribution >= 0.6 is 0 Å². The molecule has 5 heteroatoms. The third kappa shape index (κ3) is 4.16. The van der Waals surface area contributed by atoms with Gasteiger partial charge in [0.05, 0.1) is 18.0 Å². The summed E-state index contributed by atoms with van der Waals surface area (Å²) < 4.78 is 0. The van der Waals surface area contributed by atoms with Crippen LogP contribution in [0.1, 0.15) is 45.2 Å². The maximum Gasteiger partial charge on any atom is 0.305 e. The summed E-state index contributed by atoms with van der Waals surface area (Å²) in [5, 5.41) is 12.0. The van der Waals surface area contributed by atoms with Crippen molar-refractivity contribution in [3.8, 4) is 0 Å². The molecule has 2 rings (SSSR count). The molecule has 1 aromatic heterocycles. The van der Waals surface area contributed by atoms with Gasteiger partial charge in [-0.15, -0.1) is 0 Å². The van der Waals surface area contributed by atoms with Crippen molar-refractivity contribution in [3.05, 3.63) is 64.5 Å². The summed E-state index contributed by atoms with van der Waals surface area (Å²) in [5.41, 5.74) is 3.85. The average molecular weight is 312 g/mol. The molecule has 1 atom stereocenters. The van der Waals surface area contributed by atoms with Gasteiger partial charge in [-0.25, -0.2) is 0 Å². The fourth-order valence-electron chi connectivity index (χ4n) is 2.56. The highest BCUT2D eigenvalue weighted by molar-refractivity contribution is 5.95. The monoisotopic (exact) mass is 312 g/mol. The van der Waals surface area contributed by atoms with Crippen molar-refractivity contribution < 1.29 is 14.7 Å². The van der Waals surface area contributed by atoms with Crippen LogP contribution in [-0.4, -0.2) is 22.0 Å². The Balaban J connectivity index is 2.29. The van der Waals surface area contributed by atoms with Gasteiger partial charge < -0.3 is 10.4 Å². The van der Waals surface area contributed by atoms with Crippen LogP contribution in [0.15, 0.2) is 36.5 Å². The molecule has 0 fully saturated rings. The minimum absolute atomic E-state index is 0.172. The standard InChI is InChI=1S/C18H20N2O3/c1-11-6-4-5-7-14(11)16(9-17(21)22)20-18(23)15-10-19-13(3)8-12(15)2/h4-8,10,16H,9H2,1-3H3,(H,20,23)(H,21,22)/t16-/m0/s1. The lowest BCUT2D eigenvalue weighted by molar-refractivity contribution is -0.137. The molecule has 0 unspecified atom stereocenters. The number of nitrogens with zero attached hydrogens (tertiary/aromatic N) is 1. The number of nitrogens with one attached hydrogen (secondary N) is 1. The fraction of sp³-hybridized carbons (Fsp3) is 0.278. The summed E-state index contributed by atoms with van der Waals surface area (Å²) >= 11 is 0. The highest BCUT2D eigenvalue weighted by atomic mass is 16.4. The van der Waals surface area contributed by atoms with Crippen molar-refractivity contribution >= 4 is 11.9 Å². The van der Waals surface area contributed by atoms with E-state index in [0.29, 0.717) is 5.56 Å². The molecule has 1 amide bonds. The molecule has 1 heterocycles. The molecule has 0 aliphatic carbocycles. The van der Waals surface area contributed by atoms with Crippen LogP contribution in [0.5, 0.6) is 0 Å². The van der Waals surface area contributed by atoms with E-state index in [2.05, 4.69) is 10.3 Å². The summed E-state index contributed by atoms with van der Waals surface area (Å²) in [6.45, 7) is 5.59. The van der Waals surface area contributed by atoms with E-state index in [1.807, 2.05) is 51.1 Å². The molecule has 120 valence electrons. The van der Waals surface area contributed by atoms with Gasteiger partial charge in [-0.3, -0.25) is 14.6 Å². The number of aromatic nitrogens is 1. The minimum atomic E-state index is -0.961. The Morgan fingerprint density at radius 3 is 2.48 bits per heavy atom. The second-order valence-electron chi connectivity index (χ2n) is 5.62. The first kappa shape index (κ1) is 16.7. The van der Waals surface area contributed by atoms with Crippen LogP contribution < -0.4 is 5.32 Å². The Morgan fingerprint density at radius 1 is 1.17 bits per heavy atom. The molecule has 2 aromatic rings. The van der Waals surface area contributed by atoms with Gasteiger partial charge >= 0.3 is 5.97 Å². The predicted octanol–water partition coefficient (Wildman–Crippen LogP) is 2.95. The number of rotatable bonds is 5. The van der Waals surface area contributed by atoms with E-state index in [-0.39, 0.29) is 12.3 Å². The van der Waals surface area contributed by atoms with Crippen molar-refractivity contribution in [1.29, 1.82) is 0 Å². The molecule has 0 saturated carbocycles. The van der Waals surface area contributed by atoms with E-state index in [1.165, 1.54) is 6.20 Å². The first-order chi connectivity index (χ1) is 10.9. The molecule has 0 aliphatic rings. The van der Waals surface area contributed by atoms with Gasteiger partial charge in [0.15, 0.2) is 0 Å². The van der Waals surface area contributed by atoms with Crippen LogP contribution in [0, 0.1) is 20.8 Å². The highest BCUT2D eigenvalue weighted by Gasteiger charge is 2.21. The summed E-state index contributed by atoms with van der Waals surface area (Å²) in [5.74, 6) is -1.28. The molecule has 0 spiro atoms. The van der Waals surface area contributed by atoms with E-state index in [9.17, 15) is 9.59 Å². The second-order valence-corrected chi connectivity index (χ2v) is 5.62. The quantitative estimate of drug-likeness (QED) is 0.889. The van der Waals surface area contributed by atoms with Crippen LogP contribution in [0.25, 0.3) is 0 Å². The van der Waals surface area contributed by atoms with Crippen molar-refractivity contribution in [2.45, 2.75) is 33.2 Å². The van der Waals surface area contributed by atoms with E-state index in [1.54, 1.807) is 0 Å². The van der Waals surface area contributed by atoms with Crippen LogP contribution in [-0.2, 0) is 4.79 Å². The average Bonchev–Trinajstić information content (AvgIpc) is 2.46. The molecule has 0 bridgehead atoms. The first-order valence-corrected chi connectivity index (χ1v) is 7.40. The van der Waals surface area contributed by atoms with Crippen molar-refractivity contribution in [2.75, 3.05) is 0 Å². The Bertz CT molecular complexity index is 741. The largest absolute Gasteiger partial charge is 0.481 e. The van der Waals surface area contributed by atoms with E-state index < -0.39 is 12.0 Å². The molecule has 1 aromatic carbocycles. The number of hydrogen-bond acceptors (Lipinski definition) is 3. The second kappa shape index (κ2) is 7.05. The highest BCUT2D eigenvalue weighted by Crippen LogP contribution is 2.21. The Labute approximate surface area is 135 Å². The van der Waals surface area contributed by atoms with Crippen LogP contribution in [0.3, 0.4) is 0 Å². The number of carbonyl (C=O) groups excluding carboxylic acids is 1. The summed E-state index contributed by atoms with van der Waals surface area (Å²) in [6.07, 6.45) is 1.35. The molecule has 5 nitrogen and oxygen atoms in total. The number of carbonyl (C=O) groups is 2. The third-order valence-corrected chi connectivity index (χ3v) is 3.74. The number of carboxylic acids is 1. The minimum Gasteiger partial charge on any atom is -0.481 e. The van der Waals surface area contributed by atoms with Gasteiger partial charge in [0.2, 0.25) is 0 Å². The van der Waals surface area contributed by atoms with Gasteiger partial charge in [-0.05, 0) is 43.5 Å². The lowest BCUT2D eigenvalue weighted by Crippen LogP contribution is -2.31. The molecule has 0 saturated heterocycles. The molecule has 23 heavy (non-hydrogen) atoms. The number of aryl methyl sites for hydroxylation is 3. The van der Waals surface area contributed by atoms with Gasteiger partial charge in [-0.2, -0.15) is 0 Å². The van der Waals surface area contributed by atoms with Crippen molar-refractivity contribution in [1.82, 2.24) is 10.3 Å². The smallest absolute Gasteiger partial charge is 0.305 e. The number of benzene rings is 1. The van der Waals surface area contributed by atoms with E-state index >= 15 is 0 Å². The fourth-order valence-corrected chi connectivity index (χ4v) is 2.56. The Morgan fingerprint density at radius 2 is 1.87 bits per heavy atom. The zero-order valence-corrected chi connectivity index (χ0v) is 13.5. The predicted molar refractivity (Wildman–Crippen MR) is 87.4 cm³/mol. The van der Waals surface area contributed by atoms with Crippen LogP contribution in [0.4, 0.5) is 0 Å². The third-order valence-electron chi connectivity index (χ3n) is 3.74. The summed E-state index contributed by atoms with van der Waals surface area (Å²) in [6, 6.07) is 8.70. The van der Waals surface area contributed by atoms with Crippen molar-refractivity contribution in [3.63, 3.8) is 0 Å². The molecular formula is C18H20N2O3. The SMILES string of the molecule is Cc1cc(C)c(C(=O)N[C@@H](CC(=O)O)c2ccccc2C)cn1. The van der Waals surface area contributed by atoms with E-state index in [4.69, 9.17) is 5.11 Å². The number of carboxylic acid groups (broad SMARTS) is 1. The van der Waals surface area contributed by atoms with Crippen LogP contribution in [0.2, 0.25) is 0 Å². The zero-order valence-electron chi connectivity index (χ0n) is 13.5. The Kier molecular flexibility index (Phi) is 5.11.